The van der Waals surface area contributed by atoms with E-state index < -0.39 is 6.17 Å². The fourth-order valence-corrected chi connectivity index (χ4v) is 2.49. The Labute approximate surface area is 98.1 Å². The van der Waals surface area contributed by atoms with E-state index in [1.54, 1.807) is 0 Å². The molecule has 0 unspecified atom stereocenters. The second kappa shape index (κ2) is 5.01. The van der Waals surface area contributed by atoms with Crippen LogP contribution in [-0.4, -0.2) is 43.4 Å². The maximum absolute atomic E-state index is 13.3. The van der Waals surface area contributed by atoms with E-state index in [9.17, 15) is 4.39 Å². The van der Waals surface area contributed by atoms with Crippen LogP contribution in [0.25, 0.3) is 0 Å². The first-order valence-corrected chi connectivity index (χ1v) is 6.58. The molecule has 2 aliphatic rings. The number of halogens is 1. The van der Waals surface area contributed by atoms with Crippen molar-refractivity contribution in [3.63, 3.8) is 0 Å². The topological polar surface area (TPSA) is 12.5 Å². The zero-order valence-electron chi connectivity index (χ0n) is 10.5. The molecule has 1 atom stereocenters. The first-order chi connectivity index (χ1) is 7.60. The molecular formula is C13H24FNO. The molecule has 1 saturated heterocycles. The van der Waals surface area contributed by atoms with Gasteiger partial charge in [0.2, 0.25) is 0 Å². The Hall–Kier alpha value is -0.150. The molecule has 0 bridgehead atoms. The van der Waals surface area contributed by atoms with Gasteiger partial charge < -0.3 is 4.74 Å². The lowest BCUT2D eigenvalue weighted by Crippen LogP contribution is -2.41. The van der Waals surface area contributed by atoms with Gasteiger partial charge in [-0.2, -0.15) is 0 Å². The number of rotatable bonds is 5. The van der Waals surface area contributed by atoms with E-state index in [2.05, 4.69) is 18.7 Å². The fraction of sp³-hybridized carbons (Fsp3) is 1.00. The van der Waals surface area contributed by atoms with Crippen molar-refractivity contribution in [1.82, 2.24) is 4.90 Å². The maximum atomic E-state index is 13.3. The molecule has 1 aliphatic heterocycles. The van der Waals surface area contributed by atoms with Gasteiger partial charge in [0.15, 0.2) is 0 Å². The first kappa shape index (κ1) is 12.3. The van der Waals surface area contributed by atoms with Crippen molar-refractivity contribution in [2.75, 3.05) is 26.2 Å². The molecule has 2 nitrogen and oxygen atoms in total. The summed E-state index contributed by atoms with van der Waals surface area (Å²) in [5, 5.41) is 0. The Bertz CT molecular complexity index is 228. The average Bonchev–Trinajstić information content (AvgIpc) is 2.96. The van der Waals surface area contributed by atoms with Gasteiger partial charge in [0, 0.05) is 18.5 Å². The molecule has 94 valence electrons. The molecule has 0 aromatic carbocycles. The van der Waals surface area contributed by atoms with E-state index in [0.717, 1.165) is 32.5 Å². The molecule has 0 aromatic heterocycles. The molecule has 1 saturated carbocycles. The van der Waals surface area contributed by atoms with Crippen LogP contribution in [0.2, 0.25) is 0 Å². The third-order valence-corrected chi connectivity index (χ3v) is 3.69. The van der Waals surface area contributed by atoms with E-state index in [1.807, 2.05) is 0 Å². The van der Waals surface area contributed by atoms with Gasteiger partial charge in [0.25, 0.3) is 0 Å². The zero-order valence-corrected chi connectivity index (χ0v) is 10.5. The molecule has 0 amide bonds. The van der Waals surface area contributed by atoms with Crippen LogP contribution in [0, 0.1) is 5.41 Å². The quantitative estimate of drug-likeness (QED) is 0.718. The molecule has 3 heteroatoms. The largest absolute Gasteiger partial charge is 0.378 e. The minimum Gasteiger partial charge on any atom is -0.378 e. The molecule has 16 heavy (non-hydrogen) atoms. The second-order valence-electron chi connectivity index (χ2n) is 5.83. The predicted octanol–water partition coefficient (Wildman–Crippen LogP) is 2.63. The van der Waals surface area contributed by atoms with Gasteiger partial charge in [0.1, 0.15) is 6.17 Å². The van der Waals surface area contributed by atoms with Gasteiger partial charge in [-0.1, -0.05) is 0 Å². The summed E-state index contributed by atoms with van der Waals surface area (Å²) in [5.74, 6) is 0. The molecular weight excluding hydrogens is 205 g/mol. The summed E-state index contributed by atoms with van der Waals surface area (Å²) in [6, 6.07) is 0. The Morgan fingerprint density at radius 2 is 2.19 bits per heavy atom. The minimum atomic E-state index is -0.601. The van der Waals surface area contributed by atoms with Gasteiger partial charge in [0.05, 0.1) is 12.7 Å². The molecule has 0 aromatic rings. The van der Waals surface area contributed by atoms with E-state index in [0.29, 0.717) is 18.1 Å². The van der Waals surface area contributed by atoms with Crippen molar-refractivity contribution >= 4 is 0 Å². The van der Waals surface area contributed by atoms with E-state index in [1.165, 1.54) is 12.8 Å². The van der Waals surface area contributed by atoms with Crippen LogP contribution in [-0.2, 0) is 4.74 Å². The summed E-state index contributed by atoms with van der Waals surface area (Å²) >= 11 is 0. The Morgan fingerprint density at radius 3 is 2.75 bits per heavy atom. The number of alkyl halides is 1. The van der Waals surface area contributed by atoms with Crippen molar-refractivity contribution in [1.29, 1.82) is 0 Å². The standard InChI is InChI=1S/C13H24FNO/c1-11(2)16-10-13(5-6-13)9-15-7-3-4-12(14)8-15/h11-12H,3-10H2,1-2H3/t12-/m1/s1. The maximum Gasteiger partial charge on any atom is 0.113 e. The lowest BCUT2D eigenvalue weighted by atomic mass is 10.0. The lowest BCUT2D eigenvalue weighted by Gasteiger charge is -2.32. The van der Waals surface area contributed by atoms with Crippen LogP contribution in [0.4, 0.5) is 4.39 Å². The molecule has 2 rings (SSSR count). The van der Waals surface area contributed by atoms with Gasteiger partial charge in [-0.3, -0.25) is 4.90 Å². The molecule has 1 heterocycles. The van der Waals surface area contributed by atoms with Crippen LogP contribution in [0.1, 0.15) is 39.5 Å². The van der Waals surface area contributed by atoms with Gasteiger partial charge >= 0.3 is 0 Å². The van der Waals surface area contributed by atoms with Crippen molar-refractivity contribution in [2.24, 2.45) is 5.41 Å². The lowest BCUT2D eigenvalue weighted by molar-refractivity contribution is 0.0230. The highest BCUT2D eigenvalue weighted by molar-refractivity contribution is 4.96. The molecule has 0 spiro atoms. The Kier molecular flexibility index (Phi) is 3.85. The van der Waals surface area contributed by atoms with Crippen LogP contribution in [0.15, 0.2) is 0 Å². The molecule has 1 aliphatic carbocycles. The van der Waals surface area contributed by atoms with Gasteiger partial charge in [-0.05, 0) is 46.1 Å². The monoisotopic (exact) mass is 229 g/mol. The highest BCUT2D eigenvalue weighted by Crippen LogP contribution is 2.47. The summed E-state index contributed by atoms with van der Waals surface area (Å²) in [5.41, 5.74) is 0.362. The Morgan fingerprint density at radius 1 is 1.44 bits per heavy atom. The van der Waals surface area contributed by atoms with Crippen LogP contribution >= 0.6 is 0 Å². The number of ether oxygens (including phenoxy) is 1. The fourth-order valence-electron chi connectivity index (χ4n) is 2.49. The summed E-state index contributed by atoms with van der Waals surface area (Å²) in [7, 11) is 0. The van der Waals surface area contributed by atoms with E-state index >= 15 is 0 Å². The average molecular weight is 229 g/mol. The predicted molar refractivity (Wildman–Crippen MR) is 63.3 cm³/mol. The molecule has 0 radical (unpaired) electrons. The number of hydrogen-bond donors (Lipinski definition) is 0. The van der Waals surface area contributed by atoms with Crippen molar-refractivity contribution in [3.05, 3.63) is 0 Å². The normalized spacial score (nSPS) is 29.6. The van der Waals surface area contributed by atoms with Crippen molar-refractivity contribution in [3.8, 4) is 0 Å². The molecule has 2 fully saturated rings. The second-order valence-corrected chi connectivity index (χ2v) is 5.83. The minimum absolute atomic E-state index is 0.313. The number of likely N-dealkylation sites (tertiary alicyclic amines) is 1. The summed E-state index contributed by atoms with van der Waals surface area (Å²) in [6.07, 6.45) is 4.00. The number of piperidine rings is 1. The third-order valence-electron chi connectivity index (χ3n) is 3.69. The summed E-state index contributed by atoms with van der Waals surface area (Å²) < 4.78 is 19.0. The summed E-state index contributed by atoms with van der Waals surface area (Å²) in [4.78, 5) is 2.30. The Balaban J connectivity index is 1.75. The smallest absolute Gasteiger partial charge is 0.113 e. The number of nitrogens with zero attached hydrogens (tertiary/aromatic N) is 1. The SMILES string of the molecule is CC(C)OCC1(CN2CCC[C@@H](F)C2)CC1. The first-order valence-electron chi connectivity index (χ1n) is 6.58. The van der Waals surface area contributed by atoms with Crippen LogP contribution < -0.4 is 0 Å². The van der Waals surface area contributed by atoms with Crippen molar-refractivity contribution < 1.29 is 9.13 Å². The highest BCUT2D eigenvalue weighted by Gasteiger charge is 2.44. The van der Waals surface area contributed by atoms with Crippen molar-refractivity contribution in [2.45, 2.75) is 51.8 Å². The van der Waals surface area contributed by atoms with Gasteiger partial charge in [-0.25, -0.2) is 4.39 Å². The van der Waals surface area contributed by atoms with Crippen LogP contribution in [0.3, 0.4) is 0 Å². The van der Waals surface area contributed by atoms with Crippen LogP contribution in [0.5, 0.6) is 0 Å². The zero-order chi connectivity index (χ0) is 11.6. The van der Waals surface area contributed by atoms with E-state index in [-0.39, 0.29) is 0 Å². The van der Waals surface area contributed by atoms with E-state index in [4.69, 9.17) is 4.74 Å². The van der Waals surface area contributed by atoms with Gasteiger partial charge in [-0.15, -0.1) is 0 Å². The summed E-state index contributed by atoms with van der Waals surface area (Å²) in [6.45, 7) is 7.77. The highest BCUT2D eigenvalue weighted by atomic mass is 19.1. The molecule has 0 N–H and O–H groups in total. The number of hydrogen-bond acceptors (Lipinski definition) is 2. The third kappa shape index (κ3) is 3.42.